The van der Waals surface area contributed by atoms with E-state index in [2.05, 4.69) is 111 Å². The molecule has 0 bridgehead atoms. The smallest absolute Gasteiger partial charge is 0.457 e. The van der Waals surface area contributed by atoms with Gasteiger partial charge in [0.2, 0.25) is 0 Å². The van der Waals surface area contributed by atoms with Crippen LogP contribution >= 0.6 is 7.82 Å². The molecule has 0 aromatic rings. The first kappa shape index (κ1) is 51.4. The largest absolute Gasteiger partial charge is 0.472 e. The minimum Gasteiger partial charge on any atom is -0.457 e. The maximum Gasteiger partial charge on any atom is 0.472 e. The summed E-state index contributed by atoms with van der Waals surface area (Å²) in [7, 11) is -4.30. The highest BCUT2D eigenvalue weighted by molar-refractivity contribution is 7.47. The molecule has 308 valence electrons. The van der Waals surface area contributed by atoms with Crippen LogP contribution in [0.1, 0.15) is 142 Å². The topological polar surface area (TPSA) is 117 Å². The molecule has 0 saturated heterocycles. The number of esters is 1. The lowest BCUT2D eigenvalue weighted by molar-refractivity contribution is -0.154. The zero-order valence-corrected chi connectivity index (χ0v) is 34.8. The second-order valence-corrected chi connectivity index (χ2v) is 14.5. The zero-order valence-electron chi connectivity index (χ0n) is 33.9. The summed E-state index contributed by atoms with van der Waals surface area (Å²) in [5.74, 6) is -0.361. The third kappa shape index (κ3) is 40.6. The van der Waals surface area contributed by atoms with Gasteiger partial charge < -0.3 is 20.1 Å². The number of hydrogen-bond donors (Lipinski definition) is 2. The van der Waals surface area contributed by atoms with Gasteiger partial charge in [0, 0.05) is 19.6 Å². The lowest BCUT2D eigenvalue weighted by Crippen LogP contribution is -2.28. The van der Waals surface area contributed by atoms with Gasteiger partial charge in [0.05, 0.1) is 19.8 Å². The molecule has 0 saturated carbocycles. The minimum absolute atomic E-state index is 0.0762. The first-order valence-electron chi connectivity index (χ1n) is 20.7. The van der Waals surface area contributed by atoms with E-state index >= 15 is 0 Å². The molecule has 0 spiro atoms. The number of rotatable bonds is 38. The lowest BCUT2D eigenvalue weighted by Gasteiger charge is -2.20. The molecule has 3 N–H and O–H groups in total. The van der Waals surface area contributed by atoms with Crippen LogP contribution in [-0.2, 0) is 27.9 Å². The average molecular weight is 774 g/mol. The van der Waals surface area contributed by atoms with Gasteiger partial charge in [-0.2, -0.15) is 0 Å². The van der Waals surface area contributed by atoms with Crippen molar-refractivity contribution in [1.29, 1.82) is 0 Å². The molecule has 0 aliphatic heterocycles. The molecule has 0 aliphatic carbocycles. The second kappa shape index (κ2) is 41.6. The highest BCUT2D eigenvalue weighted by Gasteiger charge is 2.25. The third-order valence-corrected chi connectivity index (χ3v) is 8.98. The van der Waals surface area contributed by atoms with Gasteiger partial charge in [0.15, 0.2) is 0 Å². The Morgan fingerprint density at radius 1 is 0.556 bits per heavy atom. The van der Waals surface area contributed by atoms with Crippen LogP contribution in [0.15, 0.2) is 97.2 Å². The van der Waals surface area contributed by atoms with Crippen LogP contribution < -0.4 is 5.73 Å². The minimum atomic E-state index is -4.30. The molecule has 9 heteroatoms. The van der Waals surface area contributed by atoms with E-state index in [4.69, 9.17) is 24.3 Å². The summed E-state index contributed by atoms with van der Waals surface area (Å²) in [5, 5.41) is 0. The normalized spacial score (nSPS) is 14.5. The van der Waals surface area contributed by atoms with E-state index in [9.17, 15) is 14.3 Å². The summed E-state index contributed by atoms with van der Waals surface area (Å²) < 4.78 is 33.3. The molecule has 0 amide bonds. The number of phosphoric ester groups is 1. The molecule has 8 nitrogen and oxygen atoms in total. The van der Waals surface area contributed by atoms with Crippen LogP contribution in [0.2, 0.25) is 0 Å². The Morgan fingerprint density at radius 2 is 0.981 bits per heavy atom. The number of hydrogen-bond acceptors (Lipinski definition) is 7. The van der Waals surface area contributed by atoms with Gasteiger partial charge >= 0.3 is 13.8 Å². The zero-order chi connectivity index (χ0) is 39.5. The Labute approximate surface area is 330 Å². The summed E-state index contributed by atoms with van der Waals surface area (Å²) >= 11 is 0. The van der Waals surface area contributed by atoms with E-state index in [1.165, 1.54) is 19.3 Å². The fourth-order valence-corrected chi connectivity index (χ4v) is 5.80. The number of unbranched alkanes of at least 4 members (excludes halogenated alkanes) is 9. The van der Waals surface area contributed by atoms with Crippen molar-refractivity contribution in [3.8, 4) is 0 Å². The Morgan fingerprint density at radius 3 is 1.46 bits per heavy atom. The van der Waals surface area contributed by atoms with Crippen LogP contribution in [0.25, 0.3) is 0 Å². The molecule has 0 aromatic heterocycles. The van der Waals surface area contributed by atoms with Crippen LogP contribution in [-0.4, -0.2) is 49.9 Å². The number of carbonyl (C=O) groups is 1. The monoisotopic (exact) mass is 774 g/mol. The van der Waals surface area contributed by atoms with Gasteiger partial charge in [-0.05, 0) is 89.9 Å². The Balaban J connectivity index is 4.18. The summed E-state index contributed by atoms with van der Waals surface area (Å²) in [6.45, 7) is 4.54. The quantitative estimate of drug-likeness (QED) is 0.0276. The standard InChI is InChI=1S/C45H76NO7P/c1-3-5-7-9-11-13-15-17-19-21-23-25-27-29-31-33-35-37-40-50-42-44(43-52-54(48,49)51-41-39-46)53-45(47)38-36-34-32-30-28-26-24-22-20-18-16-14-12-10-8-6-4-2/h5-8,11-14,17-20,23,25,29,31,44H,3-4,9-10,15-16,21-22,24,26-28,30,32-43,46H2,1-2H3,(H,48,49)/b7-5-,8-6-,13-11-,14-12-,19-17-,20-18-,25-23-,31-29-. The predicted molar refractivity (Wildman–Crippen MR) is 228 cm³/mol. The fourth-order valence-electron chi connectivity index (χ4n) is 5.04. The molecule has 0 aromatic carbocycles. The van der Waals surface area contributed by atoms with E-state index in [1.54, 1.807) is 0 Å². The maximum absolute atomic E-state index is 12.6. The predicted octanol–water partition coefficient (Wildman–Crippen LogP) is 12.3. The number of ether oxygens (including phenoxy) is 2. The molecule has 2 unspecified atom stereocenters. The number of allylic oxidation sites excluding steroid dienone is 16. The van der Waals surface area contributed by atoms with Crippen LogP contribution in [0.4, 0.5) is 0 Å². The highest BCUT2D eigenvalue weighted by Crippen LogP contribution is 2.43. The van der Waals surface area contributed by atoms with Crippen molar-refractivity contribution >= 4 is 13.8 Å². The molecule has 0 rings (SSSR count). The van der Waals surface area contributed by atoms with Crippen molar-refractivity contribution in [3.05, 3.63) is 97.2 Å². The van der Waals surface area contributed by atoms with Crippen molar-refractivity contribution < 1.29 is 32.8 Å². The summed E-state index contributed by atoms with van der Waals surface area (Å²) in [4.78, 5) is 22.5. The maximum atomic E-state index is 12.6. The Kier molecular flexibility index (Phi) is 39.6. The SMILES string of the molecule is CC/C=C\C/C=C\C/C=C\C/C=C\C/C=C\CCCCOCC(COP(=O)(O)OCCN)OC(=O)CCCCCCCCC/C=C\C/C=C\C/C=C\CC. The molecular weight excluding hydrogens is 697 g/mol. The fraction of sp³-hybridized carbons (Fsp3) is 0.622. The molecule has 54 heavy (non-hydrogen) atoms. The van der Waals surface area contributed by atoms with E-state index < -0.39 is 13.9 Å². The van der Waals surface area contributed by atoms with Gasteiger partial charge in [-0.3, -0.25) is 13.8 Å². The number of phosphoric acid groups is 1. The molecular formula is C45H76NO7P. The van der Waals surface area contributed by atoms with Crippen molar-refractivity contribution in [2.45, 2.75) is 148 Å². The summed E-state index contributed by atoms with van der Waals surface area (Å²) in [6, 6.07) is 0. The van der Waals surface area contributed by atoms with E-state index in [-0.39, 0.29) is 32.3 Å². The lowest BCUT2D eigenvalue weighted by atomic mass is 10.1. The van der Waals surface area contributed by atoms with Gasteiger partial charge in [-0.15, -0.1) is 0 Å². The van der Waals surface area contributed by atoms with Gasteiger partial charge in [0.25, 0.3) is 0 Å². The molecule has 0 fully saturated rings. The van der Waals surface area contributed by atoms with Crippen LogP contribution in [0, 0.1) is 0 Å². The van der Waals surface area contributed by atoms with E-state index in [0.717, 1.165) is 103 Å². The second-order valence-electron chi connectivity index (χ2n) is 13.1. The van der Waals surface area contributed by atoms with E-state index in [1.807, 2.05) is 0 Å². The third-order valence-electron chi connectivity index (χ3n) is 8.00. The van der Waals surface area contributed by atoms with Gasteiger partial charge in [-0.25, -0.2) is 4.57 Å². The van der Waals surface area contributed by atoms with Crippen molar-refractivity contribution in [2.75, 3.05) is 33.0 Å². The van der Waals surface area contributed by atoms with Crippen LogP contribution in [0.5, 0.6) is 0 Å². The van der Waals surface area contributed by atoms with Crippen molar-refractivity contribution in [1.82, 2.24) is 0 Å². The van der Waals surface area contributed by atoms with Crippen molar-refractivity contribution in [2.24, 2.45) is 5.73 Å². The van der Waals surface area contributed by atoms with E-state index in [0.29, 0.717) is 13.0 Å². The van der Waals surface area contributed by atoms with Crippen molar-refractivity contribution in [3.63, 3.8) is 0 Å². The number of carbonyl (C=O) groups excluding carboxylic acids is 1. The Hall–Kier alpha value is -2.58. The summed E-state index contributed by atoms with van der Waals surface area (Å²) in [5.41, 5.74) is 5.36. The Bertz CT molecular complexity index is 1140. The molecule has 0 heterocycles. The molecule has 0 radical (unpaired) electrons. The first-order chi connectivity index (χ1) is 26.4. The molecule has 2 atom stereocenters. The average Bonchev–Trinajstić information content (AvgIpc) is 3.16. The highest BCUT2D eigenvalue weighted by atomic mass is 31.2. The van der Waals surface area contributed by atoms with Gasteiger partial charge in [0.1, 0.15) is 6.10 Å². The summed E-state index contributed by atoms with van der Waals surface area (Å²) in [6.07, 6.45) is 54.3. The number of nitrogens with two attached hydrogens (primary N) is 1. The van der Waals surface area contributed by atoms with Gasteiger partial charge in [-0.1, -0.05) is 143 Å². The van der Waals surface area contributed by atoms with Crippen LogP contribution in [0.3, 0.4) is 0 Å². The molecule has 0 aliphatic rings. The first-order valence-corrected chi connectivity index (χ1v) is 22.2.